The molecule has 4 heteroatoms. The molecule has 2 N–H and O–H groups in total. The zero-order valence-corrected chi connectivity index (χ0v) is 9.84. The molecule has 2 rings (SSSR count). The van der Waals surface area contributed by atoms with Crippen LogP contribution in [0.3, 0.4) is 0 Å². The lowest BCUT2D eigenvalue weighted by molar-refractivity contribution is -0.121. The predicted molar refractivity (Wildman–Crippen MR) is 62.2 cm³/mol. The summed E-state index contributed by atoms with van der Waals surface area (Å²) in [7, 11) is 0. The van der Waals surface area contributed by atoms with Crippen molar-refractivity contribution in [2.24, 2.45) is 5.92 Å². The maximum absolute atomic E-state index is 11.6. The monoisotopic (exact) mass is 226 g/mol. The highest BCUT2D eigenvalue weighted by Crippen LogP contribution is 2.31. The molecule has 1 saturated carbocycles. The first-order valence-electron chi connectivity index (χ1n) is 6.42. The average Bonchev–Trinajstić information content (AvgIpc) is 3.10. The van der Waals surface area contributed by atoms with E-state index >= 15 is 0 Å². The fourth-order valence-electron chi connectivity index (χ4n) is 2.04. The predicted octanol–water partition coefficient (Wildman–Crippen LogP) is 0.671. The highest BCUT2D eigenvalue weighted by Gasteiger charge is 2.20. The van der Waals surface area contributed by atoms with Crippen LogP contribution in [0.25, 0.3) is 0 Å². The number of carbonyl (C=O) groups excluding carboxylic acids is 1. The van der Waals surface area contributed by atoms with E-state index in [2.05, 4.69) is 10.6 Å². The largest absolute Gasteiger partial charge is 0.381 e. The minimum absolute atomic E-state index is 0.127. The van der Waals surface area contributed by atoms with Crippen molar-refractivity contribution in [2.75, 3.05) is 26.3 Å². The number of hydrogen-bond acceptors (Lipinski definition) is 3. The summed E-state index contributed by atoms with van der Waals surface area (Å²) in [6.45, 7) is 3.00. The van der Waals surface area contributed by atoms with E-state index in [1.165, 1.54) is 19.3 Å². The summed E-state index contributed by atoms with van der Waals surface area (Å²) in [4.78, 5) is 11.6. The Morgan fingerprint density at radius 2 is 1.94 bits per heavy atom. The lowest BCUT2D eigenvalue weighted by Gasteiger charge is -2.23. The van der Waals surface area contributed by atoms with Crippen LogP contribution in [0.2, 0.25) is 0 Å². The van der Waals surface area contributed by atoms with E-state index in [1.807, 2.05) is 0 Å². The maximum atomic E-state index is 11.6. The summed E-state index contributed by atoms with van der Waals surface area (Å²) in [5.41, 5.74) is 0. The zero-order chi connectivity index (χ0) is 11.2. The molecule has 2 aliphatic rings. The highest BCUT2D eigenvalue weighted by atomic mass is 16.5. The summed E-state index contributed by atoms with van der Waals surface area (Å²) in [5, 5.41) is 6.24. The molecule has 1 heterocycles. The molecule has 0 radical (unpaired) electrons. The van der Waals surface area contributed by atoms with Crippen molar-refractivity contribution in [1.29, 1.82) is 0 Å². The van der Waals surface area contributed by atoms with Crippen molar-refractivity contribution >= 4 is 5.91 Å². The minimum atomic E-state index is 0.127. The van der Waals surface area contributed by atoms with Crippen molar-refractivity contribution < 1.29 is 9.53 Å². The van der Waals surface area contributed by atoms with Gasteiger partial charge in [-0.1, -0.05) is 12.8 Å². The molecule has 1 saturated heterocycles. The molecule has 2 fully saturated rings. The van der Waals surface area contributed by atoms with Gasteiger partial charge >= 0.3 is 0 Å². The second kappa shape index (κ2) is 6.21. The van der Waals surface area contributed by atoms with Gasteiger partial charge in [0.1, 0.15) is 0 Å². The molecule has 16 heavy (non-hydrogen) atoms. The lowest BCUT2D eigenvalue weighted by Crippen LogP contribution is -2.43. The van der Waals surface area contributed by atoms with Crippen molar-refractivity contribution in [2.45, 2.75) is 38.1 Å². The molecule has 0 aromatic rings. The molecule has 1 amide bonds. The van der Waals surface area contributed by atoms with E-state index in [1.54, 1.807) is 0 Å². The fourth-order valence-corrected chi connectivity index (χ4v) is 2.04. The number of hydrogen-bond donors (Lipinski definition) is 2. The molecular weight excluding hydrogens is 204 g/mol. The summed E-state index contributed by atoms with van der Waals surface area (Å²) >= 11 is 0. The fraction of sp³-hybridized carbons (Fsp3) is 0.917. The number of rotatable bonds is 6. The van der Waals surface area contributed by atoms with Gasteiger partial charge in [-0.05, 0) is 31.7 Å². The van der Waals surface area contributed by atoms with Gasteiger partial charge in [0.05, 0.1) is 6.54 Å². The van der Waals surface area contributed by atoms with Crippen LogP contribution in [0, 0.1) is 5.92 Å². The topological polar surface area (TPSA) is 50.4 Å². The molecule has 4 nitrogen and oxygen atoms in total. The first-order valence-corrected chi connectivity index (χ1v) is 6.42. The van der Waals surface area contributed by atoms with E-state index in [4.69, 9.17) is 4.74 Å². The van der Waals surface area contributed by atoms with E-state index in [9.17, 15) is 4.79 Å². The van der Waals surface area contributed by atoms with E-state index < -0.39 is 0 Å². The SMILES string of the molecule is O=C(CNCCC1CC1)NC1CCOCC1. The lowest BCUT2D eigenvalue weighted by atomic mass is 10.1. The molecule has 0 aromatic heterocycles. The third kappa shape index (κ3) is 4.49. The molecule has 92 valence electrons. The average molecular weight is 226 g/mol. The molecule has 0 spiro atoms. The van der Waals surface area contributed by atoms with E-state index in [-0.39, 0.29) is 5.91 Å². The van der Waals surface area contributed by atoms with Gasteiger partial charge < -0.3 is 15.4 Å². The number of amides is 1. The summed E-state index contributed by atoms with van der Waals surface area (Å²) in [5.74, 6) is 1.06. The number of ether oxygens (including phenoxy) is 1. The van der Waals surface area contributed by atoms with Gasteiger partial charge in [0.15, 0.2) is 0 Å². The Morgan fingerprint density at radius 1 is 1.19 bits per heavy atom. The van der Waals surface area contributed by atoms with E-state index in [0.717, 1.165) is 38.5 Å². The molecule has 0 atom stereocenters. The summed E-state index contributed by atoms with van der Waals surface area (Å²) < 4.78 is 5.25. The van der Waals surface area contributed by atoms with E-state index in [0.29, 0.717) is 12.6 Å². The maximum Gasteiger partial charge on any atom is 0.234 e. The number of nitrogens with one attached hydrogen (secondary N) is 2. The Hall–Kier alpha value is -0.610. The second-order valence-corrected chi connectivity index (χ2v) is 4.86. The Kier molecular flexibility index (Phi) is 4.60. The third-order valence-corrected chi connectivity index (χ3v) is 3.30. The van der Waals surface area contributed by atoms with Gasteiger partial charge in [-0.25, -0.2) is 0 Å². The molecule has 0 bridgehead atoms. The van der Waals surface area contributed by atoms with Crippen LogP contribution in [-0.4, -0.2) is 38.3 Å². The van der Waals surface area contributed by atoms with Crippen LogP contribution in [-0.2, 0) is 9.53 Å². The van der Waals surface area contributed by atoms with Gasteiger partial charge in [-0.2, -0.15) is 0 Å². The Bertz CT molecular complexity index is 223. The smallest absolute Gasteiger partial charge is 0.234 e. The highest BCUT2D eigenvalue weighted by molar-refractivity contribution is 5.78. The zero-order valence-electron chi connectivity index (χ0n) is 9.84. The van der Waals surface area contributed by atoms with Gasteiger partial charge in [-0.3, -0.25) is 4.79 Å². The number of carbonyl (C=O) groups is 1. The molecular formula is C12H22N2O2. The minimum Gasteiger partial charge on any atom is -0.381 e. The quantitative estimate of drug-likeness (QED) is 0.655. The molecule has 1 aliphatic carbocycles. The van der Waals surface area contributed by atoms with Crippen molar-refractivity contribution in [3.05, 3.63) is 0 Å². The van der Waals surface area contributed by atoms with Gasteiger partial charge in [0.25, 0.3) is 0 Å². The molecule has 1 aliphatic heterocycles. The van der Waals surface area contributed by atoms with Crippen LogP contribution in [0.15, 0.2) is 0 Å². The second-order valence-electron chi connectivity index (χ2n) is 4.86. The Balaban J connectivity index is 1.49. The normalized spacial score (nSPS) is 22.0. The summed E-state index contributed by atoms with van der Waals surface area (Å²) in [6.07, 6.45) is 5.90. The Labute approximate surface area is 97.1 Å². The molecule has 0 unspecified atom stereocenters. The van der Waals surface area contributed by atoms with Crippen LogP contribution in [0.5, 0.6) is 0 Å². The van der Waals surface area contributed by atoms with Crippen LogP contribution in [0.4, 0.5) is 0 Å². The molecule has 0 aromatic carbocycles. The van der Waals surface area contributed by atoms with Gasteiger partial charge in [0.2, 0.25) is 5.91 Å². The van der Waals surface area contributed by atoms with Crippen molar-refractivity contribution in [3.63, 3.8) is 0 Å². The van der Waals surface area contributed by atoms with Crippen molar-refractivity contribution in [3.8, 4) is 0 Å². The van der Waals surface area contributed by atoms with Crippen LogP contribution < -0.4 is 10.6 Å². The first-order chi connectivity index (χ1) is 7.84. The van der Waals surface area contributed by atoms with Gasteiger partial charge in [-0.15, -0.1) is 0 Å². The standard InChI is InChI=1S/C12H22N2O2/c15-12(9-13-6-3-10-1-2-10)14-11-4-7-16-8-5-11/h10-11,13H,1-9H2,(H,14,15). The van der Waals surface area contributed by atoms with Gasteiger partial charge in [0, 0.05) is 19.3 Å². The third-order valence-electron chi connectivity index (χ3n) is 3.30. The van der Waals surface area contributed by atoms with Crippen LogP contribution >= 0.6 is 0 Å². The summed E-state index contributed by atoms with van der Waals surface area (Å²) in [6, 6.07) is 0.325. The van der Waals surface area contributed by atoms with Crippen molar-refractivity contribution in [1.82, 2.24) is 10.6 Å². The Morgan fingerprint density at radius 3 is 2.62 bits per heavy atom. The van der Waals surface area contributed by atoms with Crippen LogP contribution in [0.1, 0.15) is 32.1 Å². The first kappa shape index (κ1) is 11.9.